The fourth-order valence-corrected chi connectivity index (χ4v) is 2.74. The predicted octanol–water partition coefficient (Wildman–Crippen LogP) is 0.995. The highest BCUT2D eigenvalue weighted by Crippen LogP contribution is 2.16. The van der Waals surface area contributed by atoms with Crippen LogP contribution in [-0.4, -0.2) is 30.0 Å². The third kappa shape index (κ3) is 2.99. The summed E-state index contributed by atoms with van der Waals surface area (Å²) in [6.07, 6.45) is 2.31. The normalized spacial score (nSPS) is 11.5. The lowest BCUT2D eigenvalue weighted by atomic mass is 10.2. The van der Waals surface area contributed by atoms with Gasteiger partial charge in [0.15, 0.2) is 11.2 Å². The molecule has 0 bridgehead atoms. The minimum atomic E-state index is -0.432. The molecule has 0 atom stereocenters. The van der Waals surface area contributed by atoms with Crippen LogP contribution in [0.25, 0.3) is 11.2 Å². The number of nitrogens with zero attached hydrogens (tertiary/aromatic N) is 5. The molecule has 26 heavy (non-hydrogen) atoms. The Balaban J connectivity index is 2.07. The average Bonchev–Trinajstić information content (AvgIpc) is 2.97. The van der Waals surface area contributed by atoms with Gasteiger partial charge in [0, 0.05) is 20.6 Å². The number of benzene rings is 1. The molecule has 2 N–H and O–H groups in total. The van der Waals surface area contributed by atoms with Gasteiger partial charge < -0.3 is 9.67 Å². The van der Waals surface area contributed by atoms with Crippen LogP contribution in [0.2, 0.25) is 0 Å². The Bertz CT molecular complexity index is 1110. The maximum atomic E-state index is 12.5. The number of hydrogen-bond acceptors (Lipinski definition) is 6. The molecule has 2 aromatic heterocycles. The van der Waals surface area contributed by atoms with E-state index in [1.165, 1.54) is 17.8 Å². The third-order valence-electron chi connectivity index (χ3n) is 4.04. The maximum Gasteiger partial charge on any atom is 0.332 e. The summed E-state index contributed by atoms with van der Waals surface area (Å²) in [6, 6.07) is 6.64. The van der Waals surface area contributed by atoms with E-state index in [4.69, 9.17) is 0 Å². The Morgan fingerprint density at radius 2 is 2.04 bits per heavy atom. The molecule has 2 heterocycles. The molecule has 0 amide bonds. The number of phenolic OH excluding ortho intramolecular Hbond substituents is 1. The van der Waals surface area contributed by atoms with E-state index in [1.807, 2.05) is 6.92 Å². The first-order valence-corrected chi connectivity index (χ1v) is 8.18. The zero-order chi connectivity index (χ0) is 18.8. The average molecular weight is 356 g/mol. The molecule has 0 spiro atoms. The number of hydrogen-bond donors (Lipinski definition) is 2. The van der Waals surface area contributed by atoms with Crippen molar-refractivity contribution >= 4 is 23.3 Å². The van der Waals surface area contributed by atoms with E-state index in [9.17, 15) is 14.7 Å². The molecule has 3 aromatic rings. The van der Waals surface area contributed by atoms with E-state index in [1.54, 1.807) is 35.9 Å². The molecule has 3 rings (SSSR count). The van der Waals surface area contributed by atoms with Gasteiger partial charge in [-0.1, -0.05) is 19.1 Å². The van der Waals surface area contributed by atoms with E-state index in [0.717, 1.165) is 11.0 Å². The number of aromatic nitrogens is 4. The Labute approximate surface area is 148 Å². The summed E-state index contributed by atoms with van der Waals surface area (Å²) in [5.74, 6) is 0.516. The van der Waals surface area contributed by atoms with E-state index in [-0.39, 0.29) is 5.75 Å². The molecule has 0 fully saturated rings. The molecule has 9 heteroatoms. The number of imidazole rings is 1. The summed E-state index contributed by atoms with van der Waals surface area (Å²) in [6.45, 7) is 2.53. The molecule has 1 aromatic carbocycles. The van der Waals surface area contributed by atoms with Gasteiger partial charge in [-0.25, -0.2) is 10.2 Å². The van der Waals surface area contributed by atoms with Crippen molar-refractivity contribution in [1.29, 1.82) is 0 Å². The van der Waals surface area contributed by atoms with E-state index in [0.29, 0.717) is 29.2 Å². The van der Waals surface area contributed by atoms with Crippen molar-refractivity contribution in [2.75, 3.05) is 5.43 Å². The van der Waals surface area contributed by atoms with E-state index in [2.05, 4.69) is 15.5 Å². The zero-order valence-electron chi connectivity index (χ0n) is 14.8. The van der Waals surface area contributed by atoms with Crippen LogP contribution in [-0.2, 0) is 20.6 Å². The van der Waals surface area contributed by atoms with Gasteiger partial charge in [-0.2, -0.15) is 10.1 Å². The molecular formula is C17H20N6O3. The Morgan fingerprint density at radius 3 is 2.73 bits per heavy atom. The van der Waals surface area contributed by atoms with Gasteiger partial charge >= 0.3 is 5.69 Å². The van der Waals surface area contributed by atoms with Crippen LogP contribution < -0.4 is 16.7 Å². The van der Waals surface area contributed by atoms with Crippen LogP contribution in [0.15, 0.2) is 39.0 Å². The van der Waals surface area contributed by atoms with Crippen LogP contribution in [0.5, 0.6) is 5.75 Å². The van der Waals surface area contributed by atoms with Crippen LogP contribution in [0.4, 0.5) is 5.95 Å². The highest BCUT2D eigenvalue weighted by Gasteiger charge is 2.18. The van der Waals surface area contributed by atoms with Crippen molar-refractivity contribution < 1.29 is 5.11 Å². The standard InChI is InChI=1S/C17H20N6O3/c1-4-8-23-13-14(21(2)17(26)22(3)15(13)25)19-16(23)20-18-10-11-6-5-7-12(24)9-11/h5-7,9-10,24H,4,8H2,1-3H3,(H,19,20)/b18-10-. The molecule has 0 aliphatic heterocycles. The monoisotopic (exact) mass is 356 g/mol. The van der Waals surface area contributed by atoms with Gasteiger partial charge in [0.1, 0.15) is 5.75 Å². The van der Waals surface area contributed by atoms with Gasteiger partial charge in [0.05, 0.1) is 6.21 Å². The first kappa shape index (κ1) is 17.5. The Morgan fingerprint density at radius 1 is 1.27 bits per heavy atom. The first-order chi connectivity index (χ1) is 12.4. The number of nitrogens with one attached hydrogen (secondary N) is 1. The smallest absolute Gasteiger partial charge is 0.332 e. The largest absolute Gasteiger partial charge is 0.508 e. The number of phenols is 1. The molecule has 0 saturated heterocycles. The Hall–Kier alpha value is -3.36. The first-order valence-electron chi connectivity index (χ1n) is 8.18. The van der Waals surface area contributed by atoms with Crippen molar-refractivity contribution in [2.45, 2.75) is 19.9 Å². The fraction of sp³-hybridized carbons (Fsp3) is 0.294. The summed E-state index contributed by atoms with van der Waals surface area (Å²) in [5.41, 5.74) is 3.37. The SMILES string of the molecule is CCCn1c(N/N=C\c2cccc(O)c2)nc2c1c(=O)n(C)c(=O)n2C. The van der Waals surface area contributed by atoms with Crippen LogP contribution in [0.3, 0.4) is 0 Å². The van der Waals surface area contributed by atoms with Crippen molar-refractivity contribution in [3.8, 4) is 5.75 Å². The second kappa shape index (κ2) is 6.87. The van der Waals surface area contributed by atoms with Crippen molar-refractivity contribution in [1.82, 2.24) is 18.7 Å². The molecule has 0 radical (unpaired) electrons. The number of anilines is 1. The lowest BCUT2D eigenvalue weighted by Crippen LogP contribution is -2.37. The minimum Gasteiger partial charge on any atom is -0.508 e. The summed E-state index contributed by atoms with van der Waals surface area (Å²) in [4.78, 5) is 29.0. The van der Waals surface area contributed by atoms with Gasteiger partial charge in [-0.05, 0) is 24.1 Å². The second-order valence-electron chi connectivity index (χ2n) is 5.93. The summed E-state index contributed by atoms with van der Waals surface area (Å²) < 4.78 is 4.12. The molecule has 0 aliphatic carbocycles. The summed E-state index contributed by atoms with van der Waals surface area (Å²) in [7, 11) is 3.02. The predicted molar refractivity (Wildman–Crippen MR) is 99.8 cm³/mol. The number of aryl methyl sites for hydroxylation is 2. The van der Waals surface area contributed by atoms with E-state index < -0.39 is 11.2 Å². The Kier molecular flexibility index (Phi) is 4.61. The topological polar surface area (TPSA) is 106 Å². The minimum absolute atomic E-state index is 0.144. The van der Waals surface area contributed by atoms with Gasteiger partial charge in [-0.15, -0.1) is 0 Å². The third-order valence-corrected chi connectivity index (χ3v) is 4.04. The molecule has 0 aliphatic rings. The van der Waals surface area contributed by atoms with Gasteiger partial charge in [0.25, 0.3) is 5.56 Å². The molecule has 9 nitrogen and oxygen atoms in total. The lowest BCUT2D eigenvalue weighted by molar-refractivity contribution is 0.475. The summed E-state index contributed by atoms with van der Waals surface area (Å²) >= 11 is 0. The molecule has 136 valence electrons. The molecule has 0 unspecified atom stereocenters. The van der Waals surface area contributed by atoms with Gasteiger partial charge in [-0.3, -0.25) is 13.9 Å². The van der Waals surface area contributed by atoms with Crippen LogP contribution >= 0.6 is 0 Å². The number of rotatable bonds is 5. The fourth-order valence-electron chi connectivity index (χ4n) is 2.74. The second-order valence-corrected chi connectivity index (χ2v) is 5.93. The maximum absolute atomic E-state index is 12.5. The molecular weight excluding hydrogens is 336 g/mol. The van der Waals surface area contributed by atoms with E-state index >= 15 is 0 Å². The summed E-state index contributed by atoms with van der Waals surface area (Å²) in [5, 5.41) is 13.6. The quantitative estimate of drug-likeness (QED) is 0.524. The van der Waals surface area contributed by atoms with Gasteiger partial charge in [0.2, 0.25) is 5.95 Å². The van der Waals surface area contributed by atoms with Crippen molar-refractivity contribution in [2.24, 2.45) is 19.2 Å². The number of aromatic hydroxyl groups is 1. The highest BCUT2D eigenvalue weighted by molar-refractivity contribution is 5.81. The number of hydrazone groups is 1. The van der Waals surface area contributed by atoms with Crippen molar-refractivity contribution in [3.63, 3.8) is 0 Å². The van der Waals surface area contributed by atoms with Crippen LogP contribution in [0.1, 0.15) is 18.9 Å². The number of fused-ring (bicyclic) bond motifs is 1. The molecule has 0 saturated carbocycles. The zero-order valence-corrected chi connectivity index (χ0v) is 14.8. The lowest BCUT2D eigenvalue weighted by Gasteiger charge is -2.07. The van der Waals surface area contributed by atoms with Crippen LogP contribution in [0, 0.1) is 0 Å². The van der Waals surface area contributed by atoms with Crippen molar-refractivity contribution in [3.05, 3.63) is 50.7 Å². The highest BCUT2D eigenvalue weighted by atomic mass is 16.3.